The molecular formula is C23H23N3O4. The predicted octanol–water partition coefficient (Wildman–Crippen LogP) is 2.58. The van der Waals surface area contributed by atoms with E-state index >= 15 is 0 Å². The van der Waals surface area contributed by atoms with Gasteiger partial charge in [-0.3, -0.25) is 19.3 Å². The van der Waals surface area contributed by atoms with E-state index in [1.807, 2.05) is 30.3 Å². The molecule has 3 amide bonds. The van der Waals surface area contributed by atoms with Gasteiger partial charge < -0.3 is 9.84 Å². The van der Waals surface area contributed by atoms with Crippen molar-refractivity contribution in [2.75, 3.05) is 13.1 Å². The number of amides is 3. The van der Waals surface area contributed by atoms with Crippen LogP contribution in [0.5, 0.6) is 0 Å². The second-order valence-electron chi connectivity index (χ2n) is 8.28. The van der Waals surface area contributed by atoms with Crippen LogP contribution in [0.4, 0.5) is 0 Å². The zero-order valence-corrected chi connectivity index (χ0v) is 16.7. The molecule has 2 fully saturated rings. The van der Waals surface area contributed by atoms with Gasteiger partial charge in [0.15, 0.2) is 5.76 Å². The Kier molecular flexibility index (Phi) is 4.53. The minimum atomic E-state index is -0.272. The van der Waals surface area contributed by atoms with Crippen molar-refractivity contribution < 1.29 is 18.9 Å². The molecule has 154 valence electrons. The summed E-state index contributed by atoms with van der Waals surface area (Å²) in [5, 5.41) is 6.81. The van der Waals surface area contributed by atoms with E-state index in [4.69, 9.17) is 4.52 Å². The molecule has 1 saturated carbocycles. The molecule has 0 radical (unpaired) electrons. The zero-order valence-electron chi connectivity index (χ0n) is 16.7. The summed E-state index contributed by atoms with van der Waals surface area (Å²) >= 11 is 0. The fourth-order valence-corrected chi connectivity index (χ4v) is 5.14. The lowest BCUT2D eigenvalue weighted by atomic mass is 9.85. The average molecular weight is 405 g/mol. The van der Waals surface area contributed by atoms with Crippen molar-refractivity contribution in [1.82, 2.24) is 15.4 Å². The topological polar surface area (TPSA) is 92.5 Å². The molecule has 7 nitrogen and oxygen atoms in total. The highest BCUT2D eigenvalue weighted by atomic mass is 16.5. The summed E-state index contributed by atoms with van der Waals surface area (Å²) in [6, 6.07) is 9.36. The highest BCUT2D eigenvalue weighted by Gasteiger charge is 2.58. The molecule has 0 unspecified atom stereocenters. The number of hydrogen-bond acceptors (Lipinski definition) is 5. The maximum absolute atomic E-state index is 12.7. The Hall–Kier alpha value is -3.22. The van der Waals surface area contributed by atoms with E-state index in [1.165, 1.54) is 4.90 Å². The number of rotatable bonds is 6. The van der Waals surface area contributed by atoms with Gasteiger partial charge in [0.25, 0.3) is 5.91 Å². The van der Waals surface area contributed by atoms with Crippen molar-refractivity contribution in [3.63, 3.8) is 0 Å². The van der Waals surface area contributed by atoms with Crippen LogP contribution in [0.15, 0.2) is 47.0 Å². The van der Waals surface area contributed by atoms with E-state index in [9.17, 15) is 14.4 Å². The number of likely N-dealkylation sites (tertiary alicyclic amines) is 1. The van der Waals surface area contributed by atoms with Crippen LogP contribution in [-0.4, -0.2) is 40.9 Å². The molecule has 1 aromatic carbocycles. The molecular weight excluding hydrogens is 382 g/mol. The monoisotopic (exact) mass is 405 g/mol. The number of carbonyl (C=O) groups excluding carboxylic acids is 3. The summed E-state index contributed by atoms with van der Waals surface area (Å²) < 4.78 is 5.37. The number of hydrogen-bond donors (Lipinski definition) is 1. The first kappa shape index (κ1) is 18.8. The highest BCUT2D eigenvalue weighted by Crippen LogP contribution is 2.52. The molecule has 2 aromatic rings. The van der Waals surface area contributed by atoms with Crippen LogP contribution in [0.1, 0.15) is 28.9 Å². The SMILES string of the molecule is Cc1noc(-c2ccccc2)c1C(=O)NCCCN1C(=O)[C@H]2[C@H](C1=O)[C@H]1C=C[C@H]2C1. The molecule has 4 atom stereocenters. The Labute approximate surface area is 174 Å². The highest BCUT2D eigenvalue weighted by molar-refractivity contribution is 6.06. The lowest BCUT2D eigenvalue weighted by Crippen LogP contribution is -2.36. The van der Waals surface area contributed by atoms with E-state index in [0.717, 1.165) is 12.0 Å². The lowest BCUT2D eigenvalue weighted by molar-refractivity contribution is -0.140. The van der Waals surface area contributed by atoms with Gasteiger partial charge in [-0.25, -0.2) is 0 Å². The molecule has 0 spiro atoms. The van der Waals surface area contributed by atoms with Crippen molar-refractivity contribution >= 4 is 17.7 Å². The Balaban J connectivity index is 1.19. The van der Waals surface area contributed by atoms with Gasteiger partial charge in [0.1, 0.15) is 5.56 Å². The van der Waals surface area contributed by atoms with Crippen LogP contribution in [0.3, 0.4) is 0 Å². The second-order valence-corrected chi connectivity index (χ2v) is 8.28. The fourth-order valence-electron chi connectivity index (χ4n) is 5.14. The molecule has 2 heterocycles. The van der Waals surface area contributed by atoms with Gasteiger partial charge in [0.2, 0.25) is 11.8 Å². The minimum absolute atomic E-state index is 0.0468. The number of fused-ring (bicyclic) bond motifs is 5. The maximum Gasteiger partial charge on any atom is 0.257 e. The van der Waals surface area contributed by atoms with Crippen LogP contribution < -0.4 is 5.32 Å². The molecule has 1 aliphatic heterocycles. The molecule has 5 rings (SSSR count). The number of aromatic nitrogens is 1. The first-order valence-corrected chi connectivity index (χ1v) is 10.4. The third-order valence-corrected chi connectivity index (χ3v) is 6.53. The quantitative estimate of drug-likeness (QED) is 0.453. The summed E-state index contributed by atoms with van der Waals surface area (Å²) in [4.78, 5) is 39.6. The normalized spacial score (nSPS) is 26.5. The minimum Gasteiger partial charge on any atom is -0.355 e. The maximum atomic E-state index is 12.7. The Bertz CT molecular complexity index is 1010. The van der Waals surface area contributed by atoms with Crippen LogP contribution in [0.2, 0.25) is 0 Å². The summed E-state index contributed by atoms with van der Waals surface area (Å²) in [7, 11) is 0. The summed E-state index contributed by atoms with van der Waals surface area (Å²) in [6.45, 7) is 2.42. The number of nitrogens with zero attached hydrogens (tertiary/aromatic N) is 2. The van der Waals surface area contributed by atoms with E-state index in [1.54, 1.807) is 6.92 Å². The molecule has 2 aliphatic carbocycles. The Morgan fingerprint density at radius 1 is 1.13 bits per heavy atom. The van der Waals surface area contributed by atoms with E-state index in [2.05, 4.69) is 22.6 Å². The van der Waals surface area contributed by atoms with Gasteiger partial charge in [-0.2, -0.15) is 0 Å². The molecule has 1 saturated heterocycles. The molecule has 7 heteroatoms. The van der Waals surface area contributed by atoms with E-state index < -0.39 is 0 Å². The smallest absolute Gasteiger partial charge is 0.257 e. The third-order valence-electron chi connectivity index (χ3n) is 6.53. The van der Waals surface area contributed by atoms with Crippen molar-refractivity contribution in [3.8, 4) is 11.3 Å². The van der Waals surface area contributed by atoms with Crippen LogP contribution in [0, 0.1) is 30.6 Å². The van der Waals surface area contributed by atoms with E-state index in [-0.39, 0.29) is 41.4 Å². The van der Waals surface area contributed by atoms with E-state index in [0.29, 0.717) is 36.5 Å². The molecule has 30 heavy (non-hydrogen) atoms. The number of aryl methyl sites for hydroxylation is 1. The summed E-state index contributed by atoms with van der Waals surface area (Å²) in [5.74, 6) is 0.162. The largest absolute Gasteiger partial charge is 0.355 e. The predicted molar refractivity (Wildman–Crippen MR) is 108 cm³/mol. The molecule has 1 N–H and O–H groups in total. The van der Waals surface area contributed by atoms with Crippen molar-refractivity contribution in [2.24, 2.45) is 23.7 Å². The van der Waals surface area contributed by atoms with Crippen LogP contribution in [0.25, 0.3) is 11.3 Å². The van der Waals surface area contributed by atoms with Crippen molar-refractivity contribution in [1.29, 1.82) is 0 Å². The number of carbonyl (C=O) groups is 3. The fraction of sp³-hybridized carbons (Fsp3) is 0.391. The molecule has 1 aromatic heterocycles. The average Bonchev–Trinajstić information content (AvgIpc) is 3.51. The van der Waals surface area contributed by atoms with Gasteiger partial charge in [0.05, 0.1) is 17.5 Å². The van der Waals surface area contributed by atoms with Gasteiger partial charge in [-0.15, -0.1) is 0 Å². The first-order chi connectivity index (χ1) is 14.6. The number of imide groups is 1. The Morgan fingerprint density at radius 3 is 2.47 bits per heavy atom. The van der Waals surface area contributed by atoms with Crippen molar-refractivity contribution in [2.45, 2.75) is 19.8 Å². The number of allylic oxidation sites excluding steroid dienone is 2. The van der Waals surface area contributed by atoms with Gasteiger partial charge in [-0.1, -0.05) is 47.6 Å². The summed E-state index contributed by atoms with van der Waals surface area (Å²) in [6.07, 6.45) is 5.62. The van der Waals surface area contributed by atoms with Crippen molar-refractivity contribution in [3.05, 3.63) is 53.7 Å². The van der Waals surface area contributed by atoms with Gasteiger partial charge in [-0.05, 0) is 31.6 Å². The number of nitrogens with one attached hydrogen (secondary N) is 1. The summed E-state index contributed by atoms with van der Waals surface area (Å²) in [5.41, 5.74) is 1.71. The van der Waals surface area contributed by atoms with Crippen LogP contribution in [-0.2, 0) is 9.59 Å². The second kappa shape index (κ2) is 7.23. The molecule has 3 aliphatic rings. The Morgan fingerprint density at radius 2 is 1.80 bits per heavy atom. The molecule has 2 bridgehead atoms. The van der Waals surface area contributed by atoms with Gasteiger partial charge >= 0.3 is 0 Å². The third kappa shape index (κ3) is 2.88. The first-order valence-electron chi connectivity index (χ1n) is 10.4. The standard InChI is InChI=1S/C23H23N3O4/c1-13-17(20(30-25-13)14-6-3-2-4-7-14)21(27)24-10-5-11-26-22(28)18-15-8-9-16(12-15)19(18)23(26)29/h2-4,6-9,15-16,18-19H,5,10-12H2,1H3,(H,24,27)/t15-,16-,18+,19+/m0/s1. The zero-order chi connectivity index (χ0) is 20.8. The van der Waals surface area contributed by atoms with Crippen LogP contribution >= 0.6 is 0 Å². The lowest BCUT2D eigenvalue weighted by Gasteiger charge is -2.17. The van der Waals surface area contributed by atoms with Gasteiger partial charge in [0, 0.05) is 18.7 Å². The number of benzene rings is 1.